The van der Waals surface area contributed by atoms with Crippen molar-refractivity contribution in [3.05, 3.63) is 54.1 Å². The van der Waals surface area contributed by atoms with Gasteiger partial charge in [-0.1, -0.05) is 13.8 Å². The van der Waals surface area contributed by atoms with Gasteiger partial charge in [-0.3, -0.25) is 4.79 Å². The van der Waals surface area contributed by atoms with Crippen LogP contribution in [0.15, 0.2) is 48.5 Å². The number of hydrogen-bond acceptors (Lipinski definition) is 4. The van der Waals surface area contributed by atoms with Gasteiger partial charge in [-0.25, -0.2) is 0 Å². The first-order valence-electron chi connectivity index (χ1n) is 10.4. The summed E-state index contributed by atoms with van der Waals surface area (Å²) in [7, 11) is 6.10. The van der Waals surface area contributed by atoms with Crippen molar-refractivity contribution in [2.75, 3.05) is 50.6 Å². The van der Waals surface area contributed by atoms with Gasteiger partial charge < -0.3 is 19.4 Å². The Hall–Kier alpha value is -2.53. The number of carbonyl (C=O) groups is 1. The lowest BCUT2D eigenvalue weighted by Gasteiger charge is -2.23. The lowest BCUT2D eigenvalue weighted by molar-refractivity contribution is 0.0993. The van der Waals surface area contributed by atoms with Gasteiger partial charge in [0.2, 0.25) is 0 Å². The minimum atomic E-state index is -0.0259. The zero-order chi connectivity index (χ0) is 21.0. The molecule has 1 unspecified atom stereocenters. The van der Waals surface area contributed by atoms with Gasteiger partial charge in [0.15, 0.2) is 0 Å². The lowest BCUT2D eigenvalue weighted by Crippen LogP contribution is -2.31. The fourth-order valence-electron chi connectivity index (χ4n) is 3.55. The molecular formula is C24H33N3O2. The molecule has 1 amide bonds. The van der Waals surface area contributed by atoms with Crippen molar-refractivity contribution < 1.29 is 9.53 Å². The highest BCUT2D eigenvalue weighted by molar-refractivity contribution is 6.05. The first-order valence-corrected chi connectivity index (χ1v) is 10.4. The maximum Gasteiger partial charge on any atom is 0.258 e. The second-order valence-electron chi connectivity index (χ2n) is 8.46. The fourth-order valence-corrected chi connectivity index (χ4v) is 3.55. The number of likely N-dealkylation sites (N-methyl/N-ethyl adjacent to an activating group) is 1. The molecule has 29 heavy (non-hydrogen) atoms. The Balaban J connectivity index is 1.62. The van der Waals surface area contributed by atoms with Gasteiger partial charge in [-0.2, -0.15) is 0 Å². The molecule has 0 aliphatic carbocycles. The number of nitrogens with zero attached hydrogens (tertiary/aromatic N) is 3. The van der Waals surface area contributed by atoms with Gasteiger partial charge in [-0.15, -0.1) is 0 Å². The average Bonchev–Trinajstić information content (AvgIpc) is 3.22. The van der Waals surface area contributed by atoms with Crippen molar-refractivity contribution in [1.29, 1.82) is 0 Å². The Kier molecular flexibility index (Phi) is 6.80. The van der Waals surface area contributed by atoms with Crippen LogP contribution >= 0.6 is 0 Å². The summed E-state index contributed by atoms with van der Waals surface area (Å²) < 4.78 is 5.70. The van der Waals surface area contributed by atoms with Crippen molar-refractivity contribution in [3.63, 3.8) is 0 Å². The molecule has 0 radical (unpaired) electrons. The van der Waals surface area contributed by atoms with Gasteiger partial charge in [0.25, 0.3) is 5.91 Å². The van der Waals surface area contributed by atoms with E-state index in [1.807, 2.05) is 43.4 Å². The molecule has 0 saturated carbocycles. The standard InChI is InChI=1S/C24H33N3O2/c1-18(2)17-29-23-12-6-19(7-13-23)24(28)26(5)20-8-10-21(11-9-20)27-15-14-22(16-27)25(3)4/h6-13,18,22H,14-17H2,1-5H3. The molecule has 1 heterocycles. The summed E-state index contributed by atoms with van der Waals surface area (Å²) in [6.45, 7) is 7.02. The van der Waals surface area contributed by atoms with E-state index in [0.29, 0.717) is 24.1 Å². The summed E-state index contributed by atoms with van der Waals surface area (Å²) in [6.07, 6.45) is 1.18. The van der Waals surface area contributed by atoms with Crippen LogP contribution in [0.5, 0.6) is 5.75 Å². The number of anilines is 2. The monoisotopic (exact) mass is 395 g/mol. The summed E-state index contributed by atoms with van der Waals surface area (Å²) in [5.41, 5.74) is 2.76. The quantitative estimate of drug-likeness (QED) is 0.706. The van der Waals surface area contributed by atoms with Crippen LogP contribution in [-0.4, -0.2) is 57.7 Å². The Morgan fingerprint density at radius 3 is 2.28 bits per heavy atom. The Labute approximate surface area is 174 Å². The van der Waals surface area contributed by atoms with E-state index in [2.05, 4.69) is 49.9 Å². The van der Waals surface area contributed by atoms with Gasteiger partial charge in [0.05, 0.1) is 6.61 Å². The fraction of sp³-hybridized carbons (Fsp3) is 0.458. The highest BCUT2D eigenvalue weighted by Crippen LogP contribution is 2.25. The average molecular weight is 396 g/mol. The molecule has 1 fully saturated rings. The van der Waals surface area contributed by atoms with E-state index >= 15 is 0 Å². The van der Waals surface area contributed by atoms with Gasteiger partial charge in [0.1, 0.15) is 5.75 Å². The largest absolute Gasteiger partial charge is 0.493 e. The van der Waals surface area contributed by atoms with Crippen molar-refractivity contribution in [2.45, 2.75) is 26.3 Å². The summed E-state index contributed by atoms with van der Waals surface area (Å²) in [5.74, 6) is 1.24. The molecule has 2 aromatic carbocycles. The second kappa shape index (κ2) is 9.31. The van der Waals surface area contributed by atoms with Crippen LogP contribution < -0.4 is 14.5 Å². The molecule has 156 valence electrons. The van der Waals surface area contributed by atoms with E-state index in [0.717, 1.165) is 24.5 Å². The molecule has 3 rings (SSSR count). The smallest absolute Gasteiger partial charge is 0.258 e. The Morgan fingerprint density at radius 1 is 1.07 bits per heavy atom. The summed E-state index contributed by atoms with van der Waals surface area (Å²) >= 11 is 0. The summed E-state index contributed by atoms with van der Waals surface area (Å²) in [4.78, 5) is 19.2. The topological polar surface area (TPSA) is 36.0 Å². The van der Waals surface area contributed by atoms with Crippen molar-refractivity contribution in [1.82, 2.24) is 4.90 Å². The number of hydrogen-bond donors (Lipinski definition) is 0. The summed E-state index contributed by atoms with van der Waals surface area (Å²) in [6, 6.07) is 16.3. The minimum absolute atomic E-state index is 0.0259. The highest BCUT2D eigenvalue weighted by atomic mass is 16.5. The Bertz CT molecular complexity index is 800. The van der Waals surface area contributed by atoms with E-state index in [-0.39, 0.29) is 5.91 Å². The third-order valence-corrected chi connectivity index (χ3v) is 5.49. The molecule has 1 aliphatic rings. The molecule has 0 aromatic heterocycles. The SMILES string of the molecule is CC(C)COc1ccc(C(=O)N(C)c2ccc(N3CCC(N(C)C)C3)cc2)cc1. The van der Waals surface area contributed by atoms with Crippen LogP contribution in [0.2, 0.25) is 0 Å². The van der Waals surface area contributed by atoms with Gasteiger partial charge >= 0.3 is 0 Å². The number of benzene rings is 2. The lowest BCUT2D eigenvalue weighted by atomic mass is 10.1. The molecule has 5 heteroatoms. The van der Waals surface area contributed by atoms with Crippen LogP contribution in [0.1, 0.15) is 30.6 Å². The molecule has 1 aliphatic heterocycles. The van der Waals surface area contributed by atoms with E-state index in [9.17, 15) is 4.79 Å². The zero-order valence-electron chi connectivity index (χ0n) is 18.3. The van der Waals surface area contributed by atoms with Crippen molar-refractivity contribution >= 4 is 17.3 Å². The van der Waals surface area contributed by atoms with E-state index in [1.54, 1.807) is 4.90 Å². The van der Waals surface area contributed by atoms with Gasteiger partial charge in [0, 0.05) is 43.1 Å². The summed E-state index contributed by atoms with van der Waals surface area (Å²) in [5, 5.41) is 0. The first kappa shape index (κ1) is 21.2. The second-order valence-corrected chi connectivity index (χ2v) is 8.46. The normalized spacial score (nSPS) is 16.5. The minimum Gasteiger partial charge on any atom is -0.493 e. The first-order chi connectivity index (χ1) is 13.8. The molecule has 0 N–H and O–H groups in total. The van der Waals surface area contributed by atoms with Crippen LogP contribution in [0, 0.1) is 5.92 Å². The molecule has 1 atom stereocenters. The predicted molar refractivity (Wildman–Crippen MR) is 120 cm³/mol. The van der Waals surface area contributed by atoms with Crippen LogP contribution in [0.25, 0.3) is 0 Å². The number of carbonyl (C=O) groups excluding carboxylic acids is 1. The van der Waals surface area contributed by atoms with E-state index in [4.69, 9.17) is 4.74 Å². The van der Waals surface area contributed by atoms with Gasteiger partial charge in [-0.05, 0) is 75.0 Å². The molecule has 1 saturated heterocycles. The maximum atomic E-state index is 12.9. The predicted octanol–water partition coefficient (Wildman–Crippen LogP) is 4.14. The molecule has 5 nitrogen and oxygen atoms in total. The van der Waals surface area contributed by atoms with E-state index in [1.165, 1.54) is 12.1 Å². The van der Waals surface area contributed by atoms with Crippen molar-refractivity contribution in [2.24, 2.45) is 5.92 Å². The number of ether oxygens (including phenoxy) is 1. The molecule has 0 spiro atoms. The van der Waals surface area contributed by atoms with Crippen molar-refractivity contribution in [3.8, 4) is 5.75 Å². The Morgan fingerprint density at radius 2 is 1.72 bits per heavy atom. The number of rotatable bonds is 7. The maximum absolute atomic E-state index is 12.9. The van der Waals surface area contributed by atoms with E-state index < -0.39 is 0 Å². The molecule has 0 bridgehead atoms. The molecular weight excluding hydrogens is 362 g/mol. The van der Waals surface area contributed by atoms with Crippen LogP contribution in [-0.2, 0) is 0 Å². The third-order valence-electron chi connectivity index (χ3n) is 5.49. The molecule has 2 aromatic rings. The number of amides is 1. The third kappa shape index (κ3) is 5.30. The van der Waals surface area contributed by atoms with Crippen LogP contribution in [0.3, 0.4) is 0 Å². The zero-order valence-corrected chi connectivity index (χ0v) is 18.3. The van der Waals surface area contributed by atoms with Crippen LogP contribution in [0.4, 0.5) is 11.4 Å². The highest BCUT2D eigenvalue weighted by Gasteiger charge is 2.24.